The van der Waals surface area contributed by atoms with E-state index in [4.69, 9.17) is 0 Å². The second-order valence-corrected chi connectivity index (χ2v) is 6.47. The minimum atomic E-state index is -4.72. The van der Waals surface area contributed by atoms with Crippen molar-refractivity contribution in [3.05, 3.63) is 35.1 Å². The molecule has 1 aliphatic heterocycles. The molecule has 2 N–H and O–H groups in total. The normalized spacial score (nSPS) is 19.1. The van der Waals surface area contributed by atoms with Gasteiger partial charge in [0.1, 0.15) is 5.82 Å². The highest BCUT2D eigenvalue weighted by molar-refractivity contribution is 5.80. The Labute approximate surface area is 157 Å². The summed E-state index contributed by atoms with van der Waals surface area (Å²) in [5.41, 5.74) is -1.31. The summed E-state index contributed by atoms with van der Waals surface area (Å²) in [7, 11) is 0. The molecule has 1 unspecified atom stereocenters. The van der Waals surface area contributed by atoms with E-state index in [2.05, 4.69) is 15.6 Å². The summed E-state index contributed by atoms with van der Waals surface area (Å²) in [5, 5.41) is 5.80. The molecular formula is C17H21F7N4. The predicted octanol–water partition coefficient (Wildman–Crippen LogP) is 3.54. The first-order valence-electron chi connectivity index (χ1n) is 8.67. The summed E-state index contributed by atoms with van der Waals surface area (Å²) >= 11 is 0. The molecular weight excluding hydrogens is 393 g/mol. The number of hydrogen-bond donors (Lipinski definition) is 2. The molecule has 2 rings (SSSR count). The van der Waals surface area contributed by atoms with Gasteiger partial charge >= 0.3 is 12.4 Å². The second-order valence-electron chi connectivity index (χ2n) is 6.47. The number of likely N-dealkylation sites (tertiary alicyclic amines) is 1. The van der Waals surface area contributed by atoms with Gasteiger partial charge in [-0.1, -0.05) is 6.07 Å². The Hall–Kier alpha value is -2.04. The van der Waals surface area contributed by atoms with Crippen molar-refractivity contribution in [1.82, 2.24) is 15.5 Å². The number of benzene rings is 1. The van der Waals surface area contributed by atoms with Crippen LogP contribution in [0.3, 0.4) is 0 Å². The van der Waals surface area contributed by atoms with E-state index >= 15 is 0 Å². The standard InChI is InChI=1S/C17H21F7N4/c1-2-25-15(27-13-5-6-28(9-13)10-16(19,20)21)26-8-11-3-4-12(18)7-14(11)17(22,23)24/h3-4,7,13H,2,5-6,8-10H2,1H3,(H2,25,26,27). The average molecular weight is 414 g/mol. The van der Waals surface area contributed by atoms with Gasteiger partial charge in [-0.15, -0.1) is 0 Å². The second kappa shape index (κ2) is 8.97. The van der Waals surface area contributed by atoms with Crippen LogP contribution in [0.4, 0.5) is 30.7 Å². The van der Waals surface area contributed by atoms with Crippen molar-refractivity contribution in [3.8, 4) is 0 Å². The van der Waals surface area contributed by atoms with Crippen molar-refractivity contribution in [3.63, 3.8) is 0 Å². The summed E-state index contributed by atoms with van der Waals surface area (Å²) in [6.45, 7) is 1.20. The van der Waals surface area contributed by atoms with Crippen molar-refractivity contribution in [2.75, 3.05) is 26.2 Å². The molecule has 0 aromatic heterocycles. The van der Waals surface area contributed by atoms with E-state index in [-0.39, 0.29) is 37.2 Å². The Morgan fingerprint density at radius 3 is 2.54 bits per heavy atom. The molecule has 1 aliphatic rings. The summed E-state index contributed by atoms with van der Waals surface area (Å²) in [6.07, 6.45) is -8.56. The number of nitrogens with one attached hydrogen (secondary N) is 2. The van der Waals surface area contributed by atoms with Crippen molar-refractivity contribution in [2.45, 2.75) is 38.3 Å². The molecule has 4 nitrogen and oxygen atoms in total. The lowest BCUT2D eigenvalue weighted by Gasteiger charge is -2.20. The lowest BCUT2D eigenvalue weighted by Crippen LogP contribution is -2.45. The molecule has 1 aromatic rings. The first kappa shape index (κ1) is 22.3. The minimum Gasteiger partial charge on any atom is -0.357 e. The summed E-state index contributed by atoms with van der Waals surface area (Å²) in [6, 6.07) is 2.05. The molecule has 158 valence electrons. The van der Waals surface area contributed by atoms with Crippen LogP contribution in [-0.2, 0) is 12.7 Å². The Bertz CT molecular complexity index is 685. The first-order valence-corrected chi connectivity index (χ1v) is 8.67. The van der Waals surface area contributed by atoms with E-state index < -0.39 is 30.3 Å². The van der Waals surface area contributed by atoms with E-state index in [1.807, 2.05) is 0 Å². The van der Waals surface area contributed by atoms with E-state index in [9.17, 15) is 30.7 Å². The Morgan fingerprint density at radius 1 is 1.21 bits per heavy atom. The molecule has 1 fully saturated rings. The highest BCUT2D eigenvalue weighted by Crippen LogP contribution is 2.32. The molecule has 28 heavy (non-hydrogen) atoms. The number of nitrogens with zero attached hydrogens (tertiary/aromatic N) is 2. The molecule has 0 aliphatic carbocycles. The molecule has 0 saturated carbocycles. The maximum atomic E-state index is 13.2. The highest BCUT2D eigenvalue weighted by atomic mass is 19.4. The van der Waals surface area contributed by atoms with E-state index in [1.54, 1.807) is 6.92 Å². The van der Waals surface area contributed by atoms with Crippen LogP contribution in [0.2, 0.25) is 0 Å². The predicted molar refractivity (Wildman–Crippen MR) is 90.3 cm³/mol. The molecule has 0 bridgehead atoms. The molecule has 1 saturated heterocycles. The van der Waals surface area contributed by atoms with Gasteiger partial charge in [-0.3, -0.25) is 4.90 Å². The Balaban J connectivity index is 2.06. The fourth-order valence-corrected chi connectivity index (χ4v) is 2.98. The molecule has 1 aromatic carbocycles. The maximum Gasteiger partial charge on any atom is 0.416 e. The van der Waals surface area contributed by atoms with Gasteiger partial charge in [0.05, 0.1) is 18.7 Å². The highest BCUT2D eigenvalue weighted by Gasteiger charge is 2.35. The van der Waals surface area contributed by atoms with Crippen LogP contribution in [0.1, 0.15) is 24.5 Å². The molecule has 11 heteroatoms. The fourth-order valence-electron chi connectivity index (χ4n) is 2.98. The van der Waals surface area contributed by atoms with Gasteiger partial charge in [-0.2, -0.15) is 26.3 Å². The zero-order valence-electron chi connectivity index (χ0n) is 15.1. The van der Waals surface area contributed by atoms with E-state index in [0.717, 1.165) is 12.1 Å². The number of guanidine groups is 1. The largest absolute Gasteiger partial charge is 0.416 e. The van der Waals surface area contributed by atoms with E-state index in [1.165, 1.54) is 4.90 Å². The van der Waals surface area contributed by atoms with Gasteiger partial charge in [-0.05, 0) is 31.0 Å². The van der Waals surface area contributed by atoms with Crippen LogP contribution in [-0.4, -0.2) is 49.3 Å². The van der Waals surface area contributed by atoms with Crippen LogP contribution >= 0.6 is 0 Å². The van der Waals surface area contributed by atoms with Crippen molar-refractivity contribution >= 4 is 5.96 Å². The summed E-state index contributed by atoms with van der Waals surface area (Å²) in [5.74, 6) is -0.806. The van der Waals surface area contributed by atoms with Gasteiger partial charge in [-0.25, -0.2) is 9.38 Å². The number of rotatable bonds is 5. The third-order valence-electron chi connectivity index (χ3n) is 4.15. The zero-order chi connectivity index (χ0) is 20.9. The molecule has 1 atom stereocenters. The van der Waals surface area contributed by atoms with Gasteiger partial charge in [0.25, 0.3) is 0 Å². The SMILES string of the molecule is CCNC(=NCc1ccc(F)cc1C(F)(F)F)NC1CCN(CC(F)(F)F)C1. The van der Waals surface area contributed by atoms with Gasteiger partial charge in [0, 0.05) is 25.7 Å². The molecule has 0 amide bonds. The van der Waals surface area contributed by atoms with Crippen molar-refractivity contribution < 1.29 is 30.7 Å². The number of hydrogen-bond acceptors (Lipinski definition) is 2. The van der Waals surface area contributed by atoms with Crippen LogP contribution < -0.4 is 10.6 Å². The Morgan fingerprint density at radius 2 is 1.93 bits per heavy atom. The van der Waals surface area contributed by atoms with Crippen LogP contribution in [0.5, 0.6) is 0 Å². The van der Waals surface area contributed by atoms with Crippen molar-refractivity contribution in [1.29, 1.82) is 0 Å². The van der Waals surface area contributed by atoms with Crippen LogP contribution in [0.25, 0.3) is 0 Å². The number of aliphatic imine (C=N–C) groups is 1. The Kier molecular flexibility index (Phi) is 7.13. The maximum absolute atomic E-state index is 13.2. The third-order valence-corrected chi connectivity index (χ3v) is 4.15. The first-order chi connectivity index (χ1) is 13.0. The number of alkyl halides is 6. The van der Waals surface area contributed by atoms with Gasteiger partial charge in [0.15, 0.2) is 5.96 Å². The van der Waals surface area contributed by atoms with Gasteiger partial charge < -0.3 is 10.6 Å². The quantitative estimate of drug-likeness (QED) is 0.440. The summed E-state index contributed by atoms with van der Waals surface area (Å²) in [4.78, 5) is 5.33. The lowest BCUT2D eigenvalue weighted by atomic mass is 10.1. The van der Waals surface area contributed by atoms with Crippen molar-refractivity contribution in [2.24, 2.45) is 4.99 Å². The summed E-state index contributed by atoms with van der Waals surface area (Å²) < 4.78 is 89.8. The monoisotopic (exact) mass is 414 g/mol. The zero-order valence-corrected chi connectivity index (χ0v) is 15.1. The smallest absolute Gasteiger partial charge is 0.357 e. The van der Waals surface area contributed by atoms with Gasteiger partial charge in [0.2, 0.25) is 0 Å². The molecule has 1 heterocycles. The topological polar surface area (TPSA) is 39.7 Å². The van der Waals surface area contributed by atoms with Crippen LogP contribution in [0, 0.1) is 5.82 Å². The number of halogens is 7. The lowest BCUT2D eigenvalue weighted by molar-refractivity contribution is -0.143. The molecule has 0 spiro atoms. The van der Waals surface area contributed by atoms with Crippen LogP contribution in [0.15, 0.2) is 23.2 Å². The molecule has 0 radical (unpaired) electrons. The average Bonchev–Trinajstić information content (AvgIpc) is 2.97. The fraction of sp³-hybridized carbons (Fsp3) is 0.588. The van der Waals surface area contributed by atoms with E-state index in [0.29, 0.717) is 19.0 Å². The minimum absolute atomic E-state index is 0.147. The third kappa shape index (κ3) is 6.84.